The summed E-state index contributed by atoms with van der Waals surface area (Å²) >= 11 is 0. The number of ether oxygens (including phenoxy) is 2. The summed E-state index contributed by atoms with van der Waals surface area (Å²) in [5, 5.41) is 2.81. The second-order valence-corrected chi connectivity index (χ2v) is 7.46. The van der Waals surface area contributed by atoms with Crippen molar-refractivity contribution in [2.75, 3.05) is 0 Å². The molecular weight excluding hydrogens is 278 g/mol. The number of hydrogen-bond acceptors (Lipinski definition) is 3. The lowest BCUT2D eigenvalue weighted by Crippen LogP contribution is -2.46. The summed E-state index contributed by atoms with van der Waals surface area (Å²) in [6.45, 7) is 5.81. The number of rotatable bonds is 4. The van der Waals surface area contributed by atoms with Crippen LogP contribution in [0.2, 0.25) is 0 Å². The summed E-state index contributed by atoms with van der Waals surface area (Å²) in [5.74, 6) is 1.68. The fraction of sp³-hybridized carbons (Fsp3) is 0.611. The molecule has 0 radical (unpaired) electrons. The van der Waals surface area contributed by atoms with E-state index in [2.05, 4.69) is 23.5 Å². The van der Waals surface area contributed by atoms with E-state index in [-0.39, 0.29) is 23.8 Å². The van der Waals surface area contributed by atoms with E-state index in [1.165, 1.54) is 18.4 Å². The zero-order valence-corrected chi connectivity index (χ0v) is 13.6. The number of benzene rings is 1. The minimum absolute atomic E-state index is 0.0287. The Morgan fingerprint density at radius 1 is 1.18 bits per heavy atom. The SMILES string of the molecule is CC(C)(C)NC(=O)OC1CC(Oc2cccc(C3CC3)c2)C1. The summed E-state index contributed by atoms with van der Waals surface area (Å²) in [4.78, 5) is 11.7. The minimum Gasteiger partial charge on any atom is -0.490 e. The molecule has 0 aromatic heterocycles. The van der Waals surface area contributed by atoms with Crippen molar-refractivity contribution in [3.8, 4) is 5.75 Å². The monoisotopic (exact) mass is 303 g/mol. The number of amides is 1. The van der Waals surface area contributed by atoms with Crippen molar-refractivity contribution in [1.82, 2.24) is 5.32 Å². The Labute approximate surface area is 132 Å². The lowest BCUT2D eigenvalue weighted by molar-refractivity contribution is -0.0243. The third-order valence-corrected chi connectivity index (χ3v) is 4.01. The first-order valence-corrected chi connectivity index (χ1v) is 8.14. The Hall–Kier alpha value is -1.71. The largest absolute Gasteiger partial charge is 0.490 e. The van der Waals surface area contributed by atoms with Gasteiger partial charge in [0.1, 0.15) is 18.0 Å². The highest BCUT2D eigenvalue weighted by atomic mass is 16.6. The van der Waals surface area contributed by atoms with Crippen molar-refractivity contribution in [1.29, 1.82) is 0 Å². The molecule has 22 heavy (non-hydrogen) atoms. The molecule has 2 fully saturated rings. The van der Waals surface area contributed by atoms with Crippen LogP contribution in [0, 0.1) is 0 Å². The molecule has 2 aliphatic carbocycles. The fourth-order valence-corrected chi connectivity index (χ4v) is 2.65. The maximum atomic E-state index is 11.7. The van der Waals surface area contributed by atoms with Crippen molar-refractivity contribution in [2.45, 2.75) is 70.1 Å². The zero-order chi connectivity index (χ0) is 15.7. The van der Waals surface area contributed by atoms with Crippen LogP contribution < -0.4 is 10.1 Å². The smallest absolute Gasteiger partial charge is 0.407 e. The van der Waals surface area contributed by atoms with Crippen LogP contribution in [-0.2, 0) is 4.74 Å². The Morgan fingerprint density at radius 2 is 1.91 bits per heavy atom. The van der Waals surface area contributed by atoms with E-state index in [0.717, 1.165) is 24.5 Å². The highest BCUT2D eigenvalue weighted by Gasteiger charge is 2.34. The molecule has 4 heteroatoms. The molecule has 2 aliphatic rings. The van der Waals surface area contributed by atoms with Gasteiger partial charge in [0.15, 0.2) is 0 Å². The number of alkyl carbamates (subject to hydrolysis) is 1. The highest BCUT2D eigenvalue weighted by molar-refractivity contribution is 5.68. The van der Waals surface area contributed by atoms with E-state index >= 15 is 0 Å². The molecule has 0 atom stereocenters. The molecular formula is C18H25NO3. The molecule has 0 aliphatic heterocycles. The summed E-state index contributed by atoms with van der Waals surface area (Å²) in [6.07, 6.45) is 3.92. The molecule has 1 amide bonds. The molecule has 0 unspecified atom stereocenters. The molecule has 3 rings (SSSR count). The van der Waals surface area contributed by atoms with Crippen LogP contribution >= 0.6 is 0 Å². The number of carbonyl (C=O) groups is 1. The second kappa shape index (κ2) is 5.82. The van der Waals surface area contributed by atoms with Crippen molar-refractivity contribution < 1.29 is 14.3 Å². The Kier molecular flexibility index (Phi) is 4.02. The standard InChI is InChI=1S/C18H25NO3/c1-18(2,3)19-17(20)22-16-10-15(11-16)21-14-6-4-5-13(9-14)12-7-8-12/h4-6,9,12,15-16H,7-8,10-11H2,1-3H3,(H,19,20). The summed E-state index contributed by atoms with van der Waals surface area (Å²) in [6, 6.07) is 8.39. The van der Waals surface area contributed by atoms with E-state index < -0.39 is 0 Å². The van der Waals surface area contributed by atoms with Gasteiger partial charge in [0.05, 0.1) is 0 Å². The summed E-state index contributed by atoms with van der Waals surface area (Å²) < 4.78 is 11.3. The first-order valence-electron chi connectivity index (χ1n) is 8.14. The third-order valence-electron chi connectivity index (χ3n) is 4.01. The van der Waals surface area contributed by atoms with Crippen molar-refractivity contribution in [3.05, 3.63) is 29.8 Å². The molecule has 4 nitrogen and oxygen atoms in total. The van der Waals surface area contributed by atoms with Crippen LogP contribution in [0.25, 0.3) is 0 Å². The van der Waals surface area contributed by atoms with Gasteiger partial charge in [0, 0.05) is 18.4 Å². The van der Waals surface area contributed by atoms with Gasteiger partial charge >= 0.3 is 6.09 Å². The van der Waals surface area contributed by atoms with Crippen LogP contribution in [0.3, 0.4) is 0 Å². The van der Waals surface area contributed by atoms with Crippen LogP contribution in [0.15, 0.2) is 24.3 Å². The van der Waals surface area contributed by atoms with Gasteiger partial charge in [-0.1, -0.05) is 12.1 Å². The molecule has 0 heterocycles. The van der Waals surface area contributed by atoms with Crippen molar-refractivity contribution in [2.24, 2.45) is 0 Å². The van der Waals surface area contributed by atoms with Gasteiger partial charge in [0.2, 0.25) is 0 Å². The van der Waals surface area contributed by atoms with Crippen molar-refractivity contribution >= 4 is 6.09 Å². The van der Waals surface area contributed by atoms with Crippen LogP contribution in [0.5, 0.6) is 5.75 Å². The molecule has 0 spiro atoms. The van der Waals surface area contributed by atoms with Crippen LogP contribution in [0.1, 0.15) is 57.9 Å². The molecule has 120 valence electrons. The number of nitrogens with one attached hydrogen (secondary N) is 1. The van der Waals surface area contributed by atoms with Gasteiger partial charge in [-0.3, -0.25) is 0 Å². The molecule has 1 aromatic carbocycles. The number of hydrogen-bond donors (Lipinski definition) is 1. The van der Waals surface area contributed by atoms with Gasteiger partial charge < -0.3 is 14.8 Å². The first-order chi connectivity index (χ1) is 10.4. The van der Waals surface area contributed by atoms with Crippen molar-refractivity contribution in [3.63, 3.8) is 0 Å². The molecule has 1 aromatic rings. The Balaban J connectivity index is 1.42. The van der Waals surface area contributed by atoms with Gasteiger partial charge in [-0.15, -0.1) is 0 Å². The van der Waals surface area contributed by atoms with E-state index in [1.54, 1.807) is 0 Å². The predicted molar refractivity (Wildman–Crippen MR) is 85.2 cm³/mol. The maximum Gasteiger partial charge on any atom is 0.407 e. The summed E-state index contributed by atoms with van der Waals surface area (Å²) in [5.41, 5.74) is 1.12. The van der Waals surface area contributed by atoms with E-state index in [4.69, 9.17) is 9.47 Å². The topological polar surface area (TPSA) is 47.6 Å². The third kappa shape index (κ3) is 4.15. The lowest BCUT2D eigenvalue weighted by atomic mass is 9.92. The van der Waals surface area contributed by atoms with Gasteiger partial charge in [-0.2, -0.15) is 0 Å². The van der Waals surface area contributed by atoms with Gasteiger partial charge in [-0.25, -0.2) is 4.79 Å². The Morgan fingerprint density at radius 3 is 2.55 bits per heavy atom. The first kappa shape index (κ1) is 15.2. The maximum absolute atomic E-state index is 11.7. The second-order valence-electron chi connectivity index (χ2n) is 7.46. The van der Waals surface area contributed by atoms with Crippen LogP contribution in [0.4, 0.5) is 4.79 Å². The average molecular weight is 303 g/mol. The van der Waals surface area contributed by atoms with E-state index in [9.17, 15) is 4.79 Å². The fourth-order valence-electron chi connectivity index (χ4n) is 2.65. The quantitative estimate of drug-likeness (QED) is 0.914. The molecule has 0 saturated heterocycles. The van der Waals surface area contributed by atoms with E-state index in [1.807, 2.05) is 26.8 Å². The normalized spacial score (nSPS) is 24.3. The van der Waals surface area contributed by atoms with Gasteiger partial charge in [0.25, 0.3) is 0 Å². The van der Waals surface area contributed by atoms with Crippen LogP contribution in [-0.4, -0.2) is 23.8 Å². The zero-order valence-electron chi connectivity index (χ0n) is 13.6. The highest BCUT2D eigenvalue weighted by Crippen LogP contribution is 2.41. The van der Waals surface area contributed by atoms with E-state index in [0.29, 0.717) is 0 Å². The molecule has 0 bridgehead atoms. The Bertz CT molecular complexity index is 540. The molecule has 1 N–H and O–H groups in total. The summed E-state index contributed by atoms with van der Waals surface area (Å²) in [7, 11) is 0. The molecule has 2 saturated carbocycles. The number of carbonyl (C=O) groups excluding carboxylic acids is 1. The minimum atomic E-state index is -0.341. The lowest BCUT2D eigenvalue weighted by Gasteiger charge is -2.35. The average Bonchev–Trinajstić information content (AvgIpc) is 3.18. The predicted octanol–water partition coefficient (Wildman–Crippen LogP) is 4.00. The van der Waals surface area contributed by atoms with Gasteiger partial charge in [-0.05, 0) is 57.2 Å².